The number of halogens is 1. The fourth-order valence-electron chi connectivity index (χ4n) is 1.72. The number of rotatable bonds is 4. The molecule has 0 saturated carbocycles. The zero-order chi connectivity index (χ0) is 13.8. The van der Waals surface area contributed by atoms with Crippen LogP contribution in [0.5, 0.6) is 0 Å². The summed E-state index contributed by atoms with van der Waals surface area (Å²) in [5, 5.41) is 0.748. The third-order valence-corrected chi connectivity index (χ3v) is 4.00. The number of benzene rings is 1. The Bertz CT molecular complexity index is 555. The van der Waals surface area contributed by atoms with Crippen molar-refractivity contribution in [3.63, 3.8) is 0 Å². The third-order valence-electron chi connectivity index (χ3n) is 2.74. The van der Waals surface area contributed by atoms with Gasteiger partial charge in [0.15, 0.2) is 0 Å². The van der Waals surface area contributed by atoms with Crippen molar-refractivity contribution >= 4 is 23.4 Å². The van der Waals surface area contributed by atoms with E-state index in [-0.39, 0.29) is 6.04 Å². The van der Waals surface area contributed by atoms with Crippen molar-refractivity contribution < 1.29 is 0 Å². The summed E-state index contributed by atoms with van der Waals surface area (Å²) in [6.07, 6.45) is 1.82. The number of hydrogen-bond acceptors (Lipinski definition) is 4. The molecule has 1 aromatic carbocycles. The first-order valence-electron chi connectivity index (χ1n) is 6.02. The molecule has 0 aliphatic rings. The SMILES string of the molecule is Cc1nc(CSc2ccc(Cl)cc2)ncc1[C@@H](C)N. The van der Waals surface area contributed by atoms with E-state index in [0.717, 1.165) is 32.8 Å². The molecule has 0 spiro atoms. The van der Waals surface area contributed by atoms with Gasteiger partial charge < -0.3 is 5.73 Å². The van der Waals surface area contributed by atoms with Crippen molar-refractivity contribution in [1.29, 1.82) is 0 Å². The molecule has 3 nitrogen and oxygen atoms in total. The number of aromatic nitrogens is 2. The van der Waals surface area contributed by atoms with Gasteiger partial charge in [-0.05, 0) is 38.1 Å². The van der Waals surface area contributed by atoms with Gasteiger partial charge in [-0.2, -0.15) is 0 Å². The highest BCUT2D eigenvalue weighted by molar-refractivity contribution is 7.98. The summed E-state index contributed by atoms with van der Waals surface area (Å²) in [5.74, 6) is 1.56. The lowest BCUT2D eigenvalue weighted by molar-refractivity contribution is 0.781. The molecule has 2 rings (SSSR count). The van der Waals surface area contributed by atoms with E-state index in [1.54, 1.807) is 11.8 Å². The highest BCUT2D eigenvalue weighted by Crippen LogP contribution is 2.23. The summed E-state index contributed by atoms with van der Waals surface area (Å²) in [5.41, 5.74) is 7.80. The lowest BCUT2D eigenvalue weighted by atomic mass is 10.1. The van der Waals surface area contributed by atoms with E-state index in [1.165, 1.54) is 0 Å². The predicted octanol–water partition coefficient (Wildman–Crippen LogP) is 3.75. The molecule has 1 aromatic heterocycles. The Morgan fingerprint density at radius 2 is 2.00 bits per heavy atom. The molecule has 2 aromatic rings. The zero-order valence-corrected chi connectivity index (χ0v) is 12.5. The van der Waals surface area contributed by atoms with Crippen LogP contribution >= 0.6 is 23.4 Å². The van der Waals surface area contributed by atoms with Crippen LogP contribution in [0.2, 0.25) is 5.02 Å². The third kappa shape index (κ3) is 3.93. The molecule has 5 heteroatoms. The lowest BCUT2D eigenvalue weighted by Crippen LogP contribution is -2.10. The highest BCUT2D eigenvalue weighted by atomic mass is 35.5. The van der Waals surface area contributed by atoms with Gasteiger partial charge in [-0.1, -0.05) is 11.6 Å². The van der Waals surface area contributed by atoms with Crippen molar-refractivity contribution in [2.45, 2.75) is 30.5 Å². The molecule has 0 unspecified atom stereocenters. The van der Waals surface area contributed by atoms with Crippen molar-refractivity contribution in [3.8, 4) is 0 Å². The minimum atomic E-state index is -0.0297. The van der Waals surface area contributed by atoms with Crippen LogP contribution in [0, 0.1) is 6.92 Å². The summed E-state index contributed by atoms with van der Waals surface area (Å²) >= 11 is 7.54. The number of aryl methyl sites for hydroxylation is 1. The summed E-state index contributed by atoms with van der Waals surface area (Å²) in [4.78, 5) is 10.00. The van der Waals surface area contributed by atoms with Crippen molar-refractivity contribution in [1.82, 2.24) is 9.97 Å². The van der Waals surface area contributed by atoms with E-state index in [4.69, 9.17) is 17.3 Å². The number of nitrogens with two attached hydrogens (primary N) is 1. The van der Waals surface area contributed by atoms with Gasteiger partial charge in [-0.3, -0.25) is 0 Å². The van der Waals surface area contributed by atoms with Gasteiger partial charge in [0.2, 0.25) is 0 Å². The topological polar surface area (TPSA) is 51.8 Å². The summed E-state index contributed by atoms with van der Waals surface area (Å²) < 4.78 is 0. The number of hydrogen-bond donors (Lipinski definition) is 1. The Kier molecular flexibility index (Phi) is 4.80. The minimum Gasteiger partial charge on any atom is -0.324 e. The Labute approximate surface area is 122 Å². The molecule has 100 valence electrons. The fourth-order valence-corrected chi connectivity index (χ4v) is 2.61. The maximum atomic E-state index is 5.85. The Morgan fingerprint density at radius 1 is 1.32 bits per heavy atom. The first-order valence-corrected chi connectivity index (χ1v) is 7.39. The Morgan fingerprint density at radius 3 is 2.58 bits per heavy atom. The van der Waals surface area contributed by atoms with Crippen LogP contribution in [0.25, 0.3) is 0 Å². The smallest absolute Gasteiger partial charge is 0.138 e. The normalized spacial score (nSPS) is 12.4. The lowest BCUT2D eigenvalue weighted by Gasteiger charge is -2.09. The van der Waals surface area contributed by atoms with Crippen LogP contribution in [0.4, 0.5) is 0 Å². The molecular formula is C14H16ClN3S. The van der Waals surface area contributed by atoms with Crippen LogP contribution in [-0.4, -0.2) is 9.97 Å². The molecule has 0 aliphatic carbocycles. The van der Waals surface area contributed by atoms with Crippen LogP contribution in [-0.2, 0) is 5.75 Å². The number of nitrogens with zero attached hydrogens (tertiary/aromatic N) is 2. The standard InChI is InChI=1S/C14H16ClN3S/c1-9(16)13-7-17-14(18-10(13)2)8-19-12-5-3-11(15)4-6-12/h3-7,9H,8,16H2,1-2H3/t9-/m1/s1. The first kappa shape index (κ1) is 14.3. The largest absolute Gasteiger partial charge is 0.324 e. The second-order valence-electron chi connectivity index (χ2n) is 4.36. The summed E-state index contributed by atoms with van der Waals surface area (Å²) in [7, 11) is 0. The van der Waals surface area contributed by atoms with Crippen LogP contribution in [0.1, 0.15) is 30.0 Å². The summed E-state index contributed by atoms with van der Waals surface area (Å²) in [6, 6.07) is 7.73. The zero-order valence-electron chi connectivity index (χ0n) is 10.9. The van der Waals surface area contributed by atoms with E-state index in [1.807, 2.05) is 44.3 Å². The molecule has 0 radical (unpaired) electrons. The fraction of sp³-hybridized carbons (Fsp3) is 0.286. The molecule has 0 amide bonds. The predicted molar refractivity (Wildman–Crippen MR) is 80.4 cm³/mol. The van der Waals surface area contributed by atoms with Gasteiger partial charge in [-0.25, -0.2) is 9.97 Å². The van der Waals surface area contributed by atoms with Crippen LogP contribution in [0.3, 0.4) is 0 Å². The van der Waals surface area contributed by atoms with Gasteiger partial charge >= 0.3 is 0 Å². The van der Waals surface area contributed by atoms with Gasteiger partial charge in [0.05, 0.1) is 5.75 Å². The van der Waals surface area contributed by atoms with Gasteiger partial charge in [0.1, 0.15) is 5.82 Å². The highest BCUT2D eigenvalue weighted by Gasteiger charge is 2.07. The molecule has 1 atom stereocenters. The molecule has 0 bridgehead atoms. The Balaban J connectivity index is 2.04. The monoisotopic (exact) mass is 293 g/mol. The molecule has 0 saturated heterocycles. The molecule has 2 N–H and O–H groups in total. The second-order valence-corrected chi connectivity index (χ2v) is 5.84. The Hall–Kier alpha value is -1.10. The van der Waals surface area contributed by atoms with E-state index >= 15 is 0 Å². The maximum absolute atomic E-state index is 5.85. The van der Waals surface area contributed by atoms with Gasteiger partial charge in [0, 0.05) is 33.4 Å². The first-order chi connectivity index (χ1) is 9.06. The van der Waals surface area contributed by atoms with E-state index in [2.05, 4.69) is 9.97 Å². The van der Waals surface area contributed by atoms with Crippen LogP contribution in [0.15, 0.2) is 35.4 Å². The van der Waals surface area contributed by atoms with Crippen molar-refractivity contribution in [2.75, 3.05) is 0 Å². The average Bonchev–Trinajstić information content (AvgIpc) is 2.37. The molecular weight excluding hydrogens is 278 g/mol. The van der Waals surface area contributed by atoms with Crippen molar-refractivity contribution in [3.05, 3.63) is 52.6 Å². The van der Waals surface area contributed by atoms with Crippen LogP contribution < -0.4 is 5.73 Å². The minimum absolute atomic E-state index is 0.0297. The number of thioether (sulfide) groups is 1. The molecule has 0 fully saturated rings. The molecule has 19 heavy (non-hydrogen) atoms. The van der Waals surface area contributed by atoms with E-state index in [0.29, 0.717) is 0 Å². The second kappa shape index (κ2) is 6.37. The molecule has 0 aliphatic heterocycles. The van der Waals surface area contributed by atoms with E-state index < -0.39 is 0 Å². The molecule has 1 heterocycles. The summed E-state index contributed by atoms with van der Waals surface area (Å²) in [6.45, 7) is 3.91. The van der Waals surface area contributed by atoms with Gasteiger partial charge in [-0.15, -0.1) is 11.8 Å². The average molecular weight is 294 g/mol. The van der Waals surface area contributed by atoms with Crippen molar-refractivity contribution in [2.24, 2.45) is 5.73 Å². The van der Waals surface area contributed by atoms with E-state index in [9.17, 15) is 0 Å². The van der Waals surface area contributed by atoms with Gasteiger partial charge in [0.25, 0.3) is 0 Å². The maximum Gasteiger partial charge on any atom is 0.138 e. The quantitative estimate of drug-likeness (QED) is 0.872.